The van der Waals surface area contributed by atoms with Crippen LogP contribution in [0.3, 0.4) is 0 Å². The average Bonchev–Trinajstić information content (AvgIpc) is 2.84. The molecule has 0 radical (unpaired) electrons. The quantitative estimate of drug-likeness (QED) is 0.895. The molecule has 1 atom stereocenters. The van der Waals surface area contributed by atoms with Crippen molar-refractivity contribution in [1.82, 2.24) is 15.1 Å². The van der Waals surface area contributed by atoms with Gasteiger partial charge in [0.15, 0.2) is 0 Å². The summed E-state index contributed by atoms with van der Waals surface area (Å²) in [5.41, 5.74) is 1.11. The number of hydrogen-bond acceptors (Lipinski definition) is 3. The first-order valence-corrected chi connectivity index (χ1v) is 9.50. The molecule has 0 saturated carbocycles. The number of likely N-dealkylation sites (tertiary alicyclic amines) is 2. The molecule has 3 rings (SSSR count). The standard InChI is InChI=1S/C20H28FN3O2/c1-16(25)22-14-19(26)23-10-3-7-20(9-12-23)8-4-11-24(20)15-17-5-2-6-18(21)13-17/h2,5-6,13H,3-4,7-12,14-15H2,1H3,(H,22,25). The summed E-state index contributed by atoms with van der Waals surface area (Å²) in [6, 6.07) is 6.84. The SMILES string of the molecule is CC(=O)NCC(=O)N1CCCC2(CCCN2Cc2cccc(F)c2)CC1. The molecule has 5 nitrogen and oxygen atoms in total. The summed E-state index contributed by atoms with van der Waals surface area (Å²) >= 11 is 0. The zero-order valence-corrected chi connectivity index (χ0v) is 15.5. The van der Waals surface area contributed by atoms with Crippen LogP contribution in [0, 0.1) is 5.82 Å². The molecule has 2 amide bonds. The predicted octanol–water partition coefficient (Wildman–Crippen LogP) is 2.31. The monoisotopic (exact) mass is 361 g/mol. The van der Waals surface area contributed by atoms with Gasteiger partial charge in [-0.3, -0.25) is 14.5 Å². The highest BCUT2D eigenvalue weighted by molar-refractivity contribution is 5.83. The maximum absolute atomic E-state index is 13.5. The summed E-state index contributed by atoms with van der Waals surface area (Å²) in [7, 11) is 0. The third-order valence-corrected chi connectivity index (χ3v) is 5.76. The van der Waals surface area contributed by atoms with E-state index in [0.717, 1.165) is 63.8 Å². The zero-order valence-electron chi connectivity index (χ0n) is 15.5. The molecule has 0 bridgehead atoms. The van der Waals surface area contributed by atoms with E-state index in [4.69, 9.17) is 0 Å². The Morgan fingerprint density at radius 2 is 1.92 bits per heavy atom. The summed E-state index contributed by atoms with van der Waals surface area (Å²) in [5.74, 6) is -0.375. The van der Waals surface area contributed by atoms with Crippen LogP contribution in [-0.2, 0) is 16.1 Å². The second kappa shape index (κ2) is 8.16. The minimum Gasteiger partial charge on any atom is -0.347 e. The highest BCUT2D eigenvalue weighted by Crippen LogP contribution is 2.39. The van der Waals surface area contributed by atoms with Gasteiger partial charge in [-0.2, -0.15) is 0 Å². The van der Waals surface area contributed by atoms with E-state index in [-0.39, 0.29) is 29.7 Å². The minimum absolute atomic E-state index is 0.00747. The van der Waals surface area contributed by atoms with Gasteiger partial charge in [-0.25, -0.2) is 4.39 Å². The molecule has 1 unspecified atom stereocenters. The number of rotatable bonds is 4. The second-order valence-electron chi connectivity index (χ2n) is 7.52. The number of hydrogen-bond donors (Lipinski definition) is 1. The van der Waals surface area contributed by atoms with Crippen LogP contribution in [0.2, 0.25) is 0 Å². The van der Waals surface area contributed by atoms with Gasteiger partial charge in [0.05, 0.1) is 6.54 Å². The summed E-state index contributed by atoms with van der Waals surface area (Å²) in [5, 5.41) is 2.59. The van der Waals surface area contributed by atoms with Gasteiger partial charge >= 0.3 is 0 Å². The van der Waals surface area contributed by atoms with Gasteiger partial charge in [0.2, 0.25) is 11.8 Å². The van der Waals surface area contributed by atoms with Crippen molar-refractivity contribution in [2.45, 2.75) is 51.1 Å². The first-order chi connectivity index (χ1) is 12.5. The van der Waals surface area contributed by atoms with Crippen molar-refractivity contribution in [2.24, 2.45) is 0 Å². The van der Waals surface area contributed by atoms with Gasteiger partial charge < -0.3 is 10.2 Å². The number of benzene rings is 1. The lowest BCUT2D eigenvalue weighted by Crippen LogP contribution is -2.45. The van der Waals surface area contributed by atoms with Crippen LogP contribution >= 0.6 is 0 Å². The summed E-state index contributed by atoms with van der Waals surface area (Å²) in [6.45, 7) is 4.75. The van der Waals surface area contributed by atoms with Gasteiger partial charge in [-0.15, -0.1) is 0 Å². The Bertz CT molecular complexity index is 666. The van der Waals surface area contributed by atoms with Crippen molar-refractivity contribution in [1.29, 1.82) is 0 Å². The fourth-order valence-electron chi connectivity index (χ4n) is 4.40. The van der Waals surface area contributed by atoms with Crippen LogP contribution in [0.5, 0.6) is 0 Å². The molecule has 2 fully saturated rings. The third-order valence-electron chi connectivity index (χ3n) is 5.76. The Kier molecular flexibility index (Phi) is 5.91. The molecular weight excluding hydrogens is 333 g/mol. The van der Waals surface area contributed by atoms with E-state index in [1.54, 1.807) is 12.1 Å². The maximum atomic E-state index is 13.5. The lowest BCUT2D eigenvalue weighted by Gasteiger charge is -2.38. The molecule has 0 aromatic heterocycles. The number of halogens is 1. The molecule has 1 aromatic carbocycles. The number of nitrogens with zero attached hydrogens (tertiary/aromatic N) is 2. The van der Waals surface area contributed by atoms with Crippen molar-refractivity contribution >= 4 is 11.8 Å². The topological polar surface area (TPSA) is 52.7 Å². The van der Waals surface area contributed by atoms with E-state index in [9.17, 15) is 14.0 Å². The predicted molar refractivity (Wildman–Crippen MR) is 97.9 cm³/mol. The Labute approximate surface area is 154 Å². The van der Waals surface area contributed by atoms with Crippen LogP contribution < -0.4 is 5.32 Å². The highest BCUT2D eigenvalue weighted by Gasteiger charge is 2.41. The molecule has 1 aromatic rings. The van der Waals surface area contributed by atoms with Crippen molar-refractivity contribution in [3.63, 3.8) is 0 Å². The molecule has 0 aliphatic carbocycles. The number of carbonyl (C=O) groups is 2. The summed E-state index contributed by atoms with van der Waals surface area (Å²) in [6.07, 6.45) is 5.25. The van der Waals surface area contributed by atoms with Crippen LogP contribution in [-0.4, -0.2) is 53.3 Å². The van der Waals surface area contributed by atoms with Gasteiger partial charge in [0.1, 0.15) is 5.82 Å². The fourth-order valence-corrected chi connectivity index (χ4v) is 4.40. The van der Waals surface area contributed by atoms with Gasteiger partial charge in [0, 0.05) is 32.1 Å². The lowest BCUT2D eigenvalue weighted by molar-refractivity contribution is -0.132. The number of amides is 2. The van der Waals surface area contributed by atoms with Crippen molar-refractivity contribution in [2.75, 3.05) is 26.2 Å². The largest absolute Gasteiger partial charge is 0.347 e. The average molecular weight is 361 g/mol. The Morgan fingerprint density at radius 3 is 2.65 bits per heavy atom. The van der Waals surface area contributed by atoms with Gasteiger partial charge in [0.25, 0.3) is 0 Å². The smallest absolute Gasteiger partial charge is 0.241 e. The van der Waals surface area contributed by atoms with E-state index in [0.29, 0.717) is 0 Å². The molecule has 2 heterocycles. The van der Waals surface area contributed by atoms with Crippen LogP contribution in [0.25, 0.3) is 0 Å². The molecule has 2 aliphatic heterocycles. The van der Waals surface area contributed by atoms with E-state index in [2.05, 4.69) is 10.2 Å². The third kappa shape index (κ3) is 4.41. The van der Waals surface area contributed by atoms with Crippen LogP contribution in [0.15, 0.2) is 24.3 Å². The normalized spacial score (nSPS) is 23.8. The van der Waals surface area contributed by atoms with Crippen LogP contribution in [0.4, 0.5) is 4.39 Å². The molecule has 2 aliphatic rings. The first kappa shape index (κ1) is 18.8. The van der Waals surface area contributed by atoms with E-state index >= 15 is 0 Å². The Hall–Kier alpha value is -1.95. The Morgan fingerprint density at radius 1 is 1.15 bits per heavy atom. The number of nitrogens with one attached hydrogen (secondary N) is 1. The van der Waals surface area contributed by atoms with Gasteiger partial charge in [-0.1, -0.05) is 12.1 Å². The minimum atomic E-state index is -0.189. The molecule has 26 heavy (non-hydrogen) atoms. The summed E-state index contributed by atoms with van der Waals surface area (Å²) in [4.78, 5) is 27.7. The lowest BCUT2D eigenvalue weighted by atomic mass is 9.87. The van der Waals surface area contributed by atoms with Crippen molar-refractivity contribution < 1.29 is 14.0 Å². The molecular formula is C20H28FN3O2. The van der Waals surface area contributed by atoms with Gasteiger partial charge in [-0.05, 0) is 56.3 Å². The second-order valence-corrected chi connectivity index (χ2v) is 7.52. The fraction of sp³-hybridized carbons (Fsp3) is 0.600. The molecule has 6 heteroatoms. The van der Waals surface area contributed by atoms with E-state index in [1.165, 1.54) is 13.0 Å². The number of carbonyl (C=O) groups excluding carboxylic acids is 2. The molecule has 1 N–H and O–H groups in total. The molecule has 142 valence electrons. The Balaban J connectivity index is 1.63. The van der Waals surface area contributed by atoms with E-state index < -0.39 is 0 Å². The zero-order chi connectivity index (χ0) is 18.6. The van der Waals surface area contributed by atoms with Crippen LogP contribution in [0.1, 0.15) is 44.6 Å². The van der Waals surface area contributed by atoms with Crippen molar-refractivity contribution in [3.05, 3.63) is 35.6 Å². The summed E-state index contributed by atoms with van der Waals surface area (Å²) < 4.78 is 13.5. The maximum Gasteiger partial charge on any atom is 0.241 e. The van der Waals surface area contributed by atoms with E-state index in [1.807, 2.05) is 11.0 Å². The van der Waals surface area contributed by atoms with Crippen molar-refractivity contribution in [3.8, 4) is 0 Å². The molecule has 1 spiro atoms. The first-order valence-electron chi connectivity index (χ1n) is 9.50. The highest BCUT2D eigenvalue weighted by atomic mass is 19.1. The molecule has 2 saturated heterocycles.